The van der Waals surface area contributed by atoms with Gasteiger partial charge in [-0.25, -0.2) is 4.98 Å². The molecule has 164 valence electrons. The van der Waals surface area contributed by atoms with Crippen molar-refractivity contribution in [3.8, 4) is 17.9 Å². The van der Waals surface area contributed by atoms with E-state index in [4.69, 9.17) is 16.9 Å². The first kappa shape index (κ1) is 23.1. The number of carbonyl (C=O) groups is 1. The van der Waals surface area contributed by atoms with Gasteiger partial charge in [-0.05, 0) is 38.0 Å². The number of rotatable bonds is 5. The van der Waals surface area contributed by atoms with Gasteiger partial charge in [-0.15, -0.1) is 0 Å². The molecule has 0 fully saturated rings. The number of aromatic nitrogens is 3. The Kier molecular flexibility index (Phi) is 6.42. The number of nitrogens with one attached hydrogen (secondary N) is 1. The largest absolute Gasteiger partial charge is 0.406 e. The van der Waals surface area contributed by atoms with Crippen molar-refractivity contribution in [3.63, 3.8) is 0 Å². The summed E-state index contributed by atoms with van der Waals surface area (Å²) in [5.41, 5.74) is 0.721. The highest BCUT2D eigenvalue weighted by molar-refractivity contribution is 6.34. The molecule has 0 saturated heterocycles. The Hall–Kier alpha value is -3.56. The average Bonchev–Trinajstić information content (AvgIpc) is 3.09. The molecule has 0 aliphatic rings. The molecule has 3 rings (SSSR count). The molecule has 0 amide bonds. The summed E-state index contributed by atoms with van der Waals surface area (Å²) in [4.78, 5) is 19.3. The third-order valence-corrected chi connectivity index (χ3v) is 4.94. The lowest BCUT2D eigenvalue weighted by Crippen LogP contribution is -2.18. The lowest BCUT2D eigenvalue weighted by molar-refractivity contribution is -0.140. The second kappa shape index (κ2) is 8.89. The van der Waals surface area contributed by atoms with Gasteiger partial charge in [-0.2, -0.15) is 18.4 Å². The zero-order valence-corrected chi connectivity index (χ0v) is 17.8. The Balaban J connectivity index is 1.87. The Bertz CT molecular complexity index is 1260. The minimum atomic E-state index is -4.52. The summed E-state index contributed by atoms with van der Waals surface area (Å²) in [6.45, 7) is 2.32. The van der Waals surface area contributed by atoms with Gasteiger partial charge in [0.1, 0.15) is 6.54 Å². The number of alkyl halides is 3. The van der Waals surface area contributed by atoms with Crippen molar-refractivity contribution >= 4 is 34.5 Å². The van der Waals surface area contributed by atoms with Crippen molar-refractivity contribution < 1.29 is 18.0 Å². The van der Waals surface area contributed by atoms with Crippen LogP contribution in [0.25, 0.3) is 10.9 Å². The summed E-state index contributed by atoms with van der Waals surface area (Å²) in [6, 6.07) is 7.02. The maximum absolute atomic E-state index is 13.2. The van der Waals surface area contributed by atoms with Crippen LogP contribution in [-0.4, -0.2) is 33.5 Å². The van der Waals surface area contributed by atoms with Crippen LogP contribution >= 0.6 is 11.6 Å². The Morgan fingerprint density at radius 1 is 1.25 bits per heavy atom. The van der Waals surface area contributed by atoms with E-state index in [0.717, 1.165) is 4.57 Å². The molecule has 0 aromatic carbocycles. The van der Waals surface area contributed by atoms with E-state index in [0.29, 0.717) is 17.7 Å². The van der Waals surface area contributed by atoms with E-state index in [-0.39, 0.29) is 33.9 Å². The van der Waals surface area contributed by atoms with Crippen molar-refractivity contribution in [1.29, 1.82) is 5.26 Å². The van der Waals surface area contributed by atoms with Crippen molar-refractivity contribution in [2.45, 2.75) is 32.0 Å². The fraction of sp³-hybridized carbons (Fsp3) is 0.273. The molecule has 1 N–H and O–H groups in total. The molecule has 0 atom stereocenters. The fourth-order valence-electron chi connectivity index (χ4n) is 3.00. The Labute approximate surface area is 187 Å². The van der Waals surface area contributed by atoms with Crippen molar-refractivity contribution in [2.75, 3.05) is 11.9 Å². The monoisotopic (exact) mass is 459 g/mol. The van der Waals surface area contributed by atoms with Crippen LogP contribution in [0.15, 0.2) is 30.6 Å². The van der Waals surface area contributed by atoms with Crippen LogP contribution in [0, 0.1) is 23.2 Å². The smallest absolute Gasteiger partial charge is 0.373 e. The SMILES string of the molecule is CC(C)(C#N)c1ccc(NCC#Cc2cc3c(C=O)cnc(Cl)c3n2CC(F)(F)F)cn1. The molecule has 32 heavy (non-hydrogen) atoms. The molecule has 0 unspecified atom stereocenters. The Morgan fingerprint density at radius 2 is 2.00 bits per heavy atom. The van der Waals surface area contributed by atoms with Gasteiger partial charge in [0.2, 0.25) is 0 Å². The lowest BCUT2D eigenvalue weighted by atomic mass is 9.91. The van der Waals surface area contributed by atoms with Gasteiger partial charge in [0.25, 0.3) is 0 Å². The van der Waals surface area contributed by atoms with Crippen LogP contribution in [0.1, 0.15) is 35.6 Å². The number of hydrogen-bond donors (Lipinski definition) is 1. The second-order valence-electron chi connectivity index (χ2n) is 7.44. The number of nitriles is 1. The van der Waals surface area contributed by atoms with E-state index in [1.165, 1.54) is 12.3 Å². The highest BCUT2D eigenvalue weighted by Crippen LogP contribution is 2.30. The number of carbonyl (C=O) groups excluding carboxylic acids is 1. The molecular formula is C22H17ClF3N5O. The molecule has 3 aromatic rings. The number of aldehydes is 1. The number of halogens is 4. The van der Waals surface area contributed by atoms with Crippen LogP contribution in [0.5, 0.6) is 0 Å². The molecule has 3 aromatic heterocycles. The van der Waals surface area contributed by atoms with Gasteiger partial charge in [0.05, 0.1) is 46.8 Å². The van der Waals surface area contributed by atoms with Gasteiger partial charge >= 0.3 is 6.18 Å². The number of pyridine rings is 2. The average molecular weight is 460 g/mol. The number of hydrogen-bond acceptors (Lipinski definition) is 5. The van der Waals surface area contributed by atoms with E-state index in [1.54, 1.807) is 32.2 Å². The molecule has 0 saturated carbocycles. The van der Waals surface area contributed by atoms with E-state index < -0.39 is 18.1 Å². The number of anilines is 1. The Morgan fingerprint density at radius 3 is 2.59 bits per heavy atom. The van der Waals surface area contributed by atoms with Gasteiger partial charge in [0, 0.05) is 17.1 Å². The molecule has 0 aliphatic carbocycles. The predicted molar refractivity (Wildman–Crippen MR) is 114 cm³/mol. The third kappa shape index (κ3) is 5.01. The lowest BCUT2D eigenvalue weighted by Gasteiger charge is -2.14. The minimum Gasteiger partial charge on any atom is -0.373 e. The molecule has 3 heterocycles. The molecular weight excluding hydrogens is 443 g/mol. The minimum absolute atomic E-state index is 0.00532. The van der Waals surface area contributed by atoms with Crippen LogP contribution in [0.2, 0.25) is 5.15 Å². The van der Waals surface area contributed by atoms with Gasteiger partial charge in [-0.3, -0.25) is 9.78 Å². The van der Waals surface area contributed by atoms with Crippen molar-refractivity contribution in [3.05, 3.63) is 52.7 Å². The molecule has 0 radical (unpaired) electrons. The summed E-state index contributed by atoms with van der Waals surface area (Å²) in [5, 5.41) is 12.3. The first-order valence-corrected chi connectivity index (χ1v) is 9.73. The van der Waals surface area contributed by atoms with Gasteiger partial charge in [-0.1, -0.05) is 17.5 Å². The molecule has 0 bridgehead atoms. The standard InChI is InChI=1S/C22H17ClF3N5O/c1-21(2,12-27)18-6-5-15(10-29-18)28-7-3-4-16-8-17-14(11-32)9-30-20(23)19(17)31(16)13-22(24,25)26/h5-6,8-11,28H,7,13H2,1-2H3. The molecule has 10 heteroatoms. The van der Waals surface area contributed by atoms with Gasteiger partial charge in [0.15, 0.2) is 11.4 Å². The summed E-state index contributed by atoms with van der Waals surface area (Å²) in [5.74, 6) is 5.47. The number of nitrogens with zero attached hydrogens (tertiary/aromatic N) is 4. The van der Waals surface area contributed by atoms with E-state index >= 15 is 0 Å². The highest BCUT2D eigenvalue weighted by atomic mass is 35.5. The van der Waals surface area contributed by atoms with Crippen LogP contribution < -0.4 is 5.32 Å². The maximum atomic E-state index is 13.2. The van der Waals surface area contributed by atoms with Gasteiger partial charge < -0.3 is 9.88 Å². The van der Waals surface area contributed by atoms with Crippen LogP contribution in [-0.2, 0) is 12.0 Å². The maximum Gasteiger partial charge on any atom is 0.406 e. The summed E-state index contributed by atoms with van der Waals surface area (Å²) in [6.07, 6.45) is -1.25. The first-order valence-electron chi connectivity index (χ1n) is 9.36. The van der Waals surface area contributed by atoms with E-state index in [2.05, 4.69) is 33.2 Å². The highest BCUT2D eigenvalue weighted by Gasteiger charge is 2.30. The molecule has 0 spiro atoms. The zero-order chi connectivity index (χ0) is 23.5. The quantitative estimate of drug-likeness (QED) is 0.339. The molecule has 6 nitrogen and oxygen atoms in total. The first-order chi connectivity index (χ1) is 15.1. The second-order valence-corrected chi connectivity index (χ2v) is 7.80. The summed E-state index contributed by atoms with van der Waals surface area (Å²) in [7, 11) is 0. The van der Waals surface area contributed by atoms with Crippen LogP contribution in [0.4, 0.5) is 18.9 Å². The normalized spacial score (nSPS) is 11.5. The van der Waals surface area contributed by atoms with Crippen molar-refractivity contribution in [2.24, 2.45) is 0 Å². The summed E-state index contributed by atoms with van der Waals surface area (Å²) >= 11 is 6.03. The predicted octanol–water partition coefficient (Wildman–Crippen LogP) is 4.72. The summed E-state index contributed by atoms with van der Waals surface area (Å²) < 4.78 is 40.4. The third-order valence-electron chi connectivity index (χ3n) is 4.67. The molecule has 0 aliphatic heterocycles. The number of fused-ring (bicyclic) bond motifs is 1. The topological polar surface area (TPSA) is 83.6 Å². The van der Waals surface area contributed by atoms with Crippen LogP contribution in [0.3, 0.4) is 0 Å². The van der Waals surface area contributed by atoms with E-state index in [9.17, 15) is 18.0 Å². The van der Waals surface area contributed by atoms with Crippen molar-refractivity contribution in [1.82, 2.24) is 14.5 Å². The fourth-order valence-corrected chi connectivity index (χ4v) is 3.25. The zero-order valence-electron chi connectivity index (χ0n) is 17.1. The van der Waals surface area contributed by atoms with E-state index in [1.807, 2.05) is 0 Å².